The van der Waals surface area contributed by atoms with Crippen molar-refractivity contribution >= 4 is 28.7 Å². The Kier molecular flexibility index (Phi) is 4.01. The van der Waals surface area contributed by atoms with Crippen LogP contribution in [0.4, 0.5) is 4.79 Å². The Morgan fingerprint density at radius 2 is 2.10 bits per heavy atom. The van der Waals surface area contributed by atoms with Gasteiger partial charge in [-0.1, -0.05) is 65.1 Å². The lowest BCUT2D eigenvalue weighted by Gasteiger charge is -2.47. The van der Waals surface area contributed by atoms with Crippen LogP contribution in [-0.4, -0.2) is 30.7 Å². The molecule has 3 nitrogen and oxygen atoms in total. The minimum atomic E-state index is -0.203. The quantitative estimate of drug-likeness (QED) is 0.442. The summed E-state index contributed by atoms with van der Waals surface area (Å²) in [6.45, 7) is 0.794. The summed E-state index contributed by atoms with van der Waals surface area (Å²) in [5.74, 6) is 0.922. The summed E-state index contributed by atoms with van der Waals surface area (Å²) >= 11 is 2.52. The molecule has 1 fully saturated rings. The van der Waals surface area contributed by atoms with Crippen LogP contribution in [0.2, 0.25) is 0 Å². The standard InChI is InChI=1S/C16H18INO2/c1-20-16(19)18-10-11-7-8-14(18)13(9-11)15(17)12-5-3-2-4-6-12/h2-8,11,13-15H,9-10H2,1H3. The second-order valence-corrected chi connectivity index (χ2v) is 6.81. The van der Waals surface area contributed by atoms with Crippen molar-refractivity contribution in [3.8, 4) is 0 Å². The number of amides is 1. The van der Waals surface area contributed by atoms with Gasteiger partial charge in [0.05, 0.1) is 13.2 Å². The van der Waals surface area contributed by atoms with E-state index < -0.39 is 0 Å². The summed E-state index contributed by atoms with van der Waals surface area (Å²) in [6.07, 6.45) is 5.39. The Morgan fingerprint density at radius 3 is 2.75 bits per heavy atom. The van der Waals surface area contributed by atoms with Gasteiger partial charge in [0.15, 0.2) is 0 Å². The number of carbonyl (C=O) groups is 1. The van der Waals surface area contributed by atoms with E-state index >= 15 is 0 Å². The second-order valence-electron chi connectivity index (χ2n) is 5.47. The van der Waals surface area contributed by atoms with Gasteiger partial charge in [-0.2, -0.15) is 0 Å². The van der Waals surface area contributed by atoms with E-state index in [0.717, 1.165) is 13.0 Å². The van der Waals surface area contributed by atoms with Gasteiger partial charge in [0.25, 0.3) is 0 Å². The van der Waals surface area contributed by atoms with Crippen molar-refractivity contribution in [2.45, 2.75) is 16.4 Å². The molecule has 0 radical (unpaired) electrons. The van der Waals surface area contributed by atoms with Gasteiger partial charge < -0.3 is 9.64 Å². The number of carbonyl (C=O) groups excluding carboxylic acids is 1. The number of rotatable bonds is 2. The second kappa shape index (κ2) is 5.76. The molecular weight excluding hydrogens is 365 g/mol. The van der Waals surface area contributed by atoms with E-state index in [-0.39, 0.29) is 12.1 Å². The largest absolute Gasteiger partial charge is 0.453 e. The first-order valence-electron chi connectivity index (χ1n) is 6.92. The normalized spacial score (nSPS) is 29.3. The van der Waals surface area contributed by atoms with E-state index in [1.165, 1.54) is 12.7 Å². The van der Waals surface area contributed by atoms with Gasteiger partial charge in [-0.15, -0.1) is 0 Å². The Morgan fingerprint density at radius 1 is 1.35 bits per heavy atom. The molecule has 1 aromatic carbocycles. The van der Waals surface area contributed by atoms with Crippen LogP contribution >= 0.6 is 22.6 Å². The molecule has 1 aliphatic carbocycles. The Hall–Kier alpha value is -1.04. The molecule has 1 amide bonds. The Bertz CT molecular complexity index is 516. The molecule has 20 heavy (non-hydrogen) atoms. The van der Waals surface area contributed by atoms with Gasteiger partial charge in [-0.25, -0.2) is 4.79 Å². The van der Waals surface area contributed by atoms with Gasteiger partial charge >= 0.3 is 6.09 Å². The van der Waals surface area contributed by atoms with Crippen molar-refractivity contribution in [2.24, 2.45) is 11.8 Å². The molecule has 0 saturated carbocycles. The highest BCUT2D eigenvalue weighted by molar-refractivity contribution is 14.1. The third kappa shape index (κ3) is 2.45. The monoisotopic (exact) mass is 383 g/mol. The molecule has 2 heterocycles. The van der Waals surface area contributed by atoms with Crippen molar-refractivity contribution in [3.05, 3.63) is 48.0 Å². The van der Waals surface area contributed by atoms with Crippen LogP contribution in [0, 0.1) is 11.8 Å². The van der Waals surface area contributed by atoms with Gasteiger partial charge in [0.1, 0.15) is 0 Å². The van der Waals surface area contributed by atoms with E-state index in [2.05, 4.69) is 59.0 Å². The number of methoxy groups -OCH3 is 1. The number of nitrogens with zero attached hydrogens (tertiary/aromatic N) is 1. The van der Waals surface area contributed by atoms with Gasteiger partial charge in [-0.3, -0.25) is 0 Å². The number of halogens is 1. The molecule has 2 bridgehead atoms. The van der Waals surface area contributed by atoms with E-state index in [1.54, 1.807) is 0 Å². The van der Waals surface area contributed by atoms with Crippen molar-refractivity contribution in [2.75, 3.05) is 13.7 Å². The fraction of sp³-hybridized carbons (Fsp3) is 0.438. The molecule has 1 aromatic rings. The zero-order valence-electron chi connectivity index (χ0n) is 11.4. The summed E-state index contributed by atoms with van der Waals surface area (Å²) in [5, 5.41) is 0. The molecule has 0 spiro atoms. The van der Waals surface area contributed by atoms with Gasteiger partial charge in [0.2, 0.25) is 0 Å². The first-order chi connectivity index (χ1) is 9.70. The van der Waals surface area contributed by atoms with E-state index in [0.29, 0.717) is 15.8 Å². The smallest absolute Gasteiger partial charge is 0.410 e. The predicted molar refractivity (Wildman–Crippen MR) is 86.8 cm³/mol. The van der Waals surface area contributed by atoms with Crippen LogP contribution in [0.3, 0.4) is 0 Å². The first-order valence-corrected chi connectivity index (χ1v) is 8.17. The van der Waals surface area contributed by atoms with Crippen molar-refractivity contribution in [1.29, 1.82) is 0 Å². The number of piperidine rings is 1. The average Bonchev–Trinajstić information content (AvgIpc) is 2.54. The Balaban J connectivity index is 1.84. The van der Waals surface area contributed by atoms with E-state index in [1.807, 2.05) is 11.0 Å². The van der Waals surface area contributed by atoms with Gasteiger partial charge in [0, 0.05) is 10.5 Å². The molecule has 106 valence electrons. The van der Waals surface area contributed by atoms with Crippen molar-refractivity contribution in [3.63, 3.8) is 0 Å². The molecule has 3 aliphatic rings. The fourth-order valence-corrected chi connectivity index (χ4v) is 4.45. The van der Waals surface area contributed by atoms with Crippen LogP contribution < -0.4 is 0 Å². The highest BCUT2D eigenvalue weighted by Crippen LogP contribution is 2.45. The maximum Gasteiger partial charge on any atom is 0.410 e. The zero-order chi connectivity index (χ0) is 14.1. The molecule has 0 N–H and O–H groups in total. The molecule has 1 saturated heterocycles. The van der Waals surface area contributed by atoms with Crippen LogP contribution in [0.15, 0.2) is 42.5 Å². The summed E-state index contributed by atoms with van der Waals surface area (Å²) in [7, 11) is 1.46. The van der Waals surface area contributed by atoms with E-state index in [4.69, 9.17) is 4.74 Å². The molecule has 4 heteroatoms. The molecule has 4 unspecified atom stereocenters. The highest BCUT2D eigenvalue weighted by Gasteiger charge is 2.43. The van der Waals surface area contributed by atoms with Crippen LogP contribution in [0.25, 0.3) is 0 Å². The average molecular weight is 383 g/mol. The summed E-state index contributed by atoms with van der Waals surface area (Å²) < 4.78 is 5.34. The summed E-state index contributed by atoms with van der Waals surface area (Å²) in [6, 6.07) is 10.7. The third-order valence-electron chi connectivity index (χ3n) is 4.29. The minimum absolute atomic E-state index is 0.162. The first kappa shape index (κ1) is 13.9. The van der Waals surface area contributed by atoms with Crippen LogP contribution in [0.5, 0.6) is 0 Å². The number of benzene rings is 1. The molecule has 4 rings (SSSR count). The molecule has 0 aromatic heterocycles. The van der Waals surface area contributed by atoms with Crippen molar-refractivity contribution in [1.82, 2.24) is 4.90 Å². The maximum atomic E-state index is 11.9. The maximum absolute atomic E-state index is 11.9. The lowest BCUT2D eigenvalue weighted by Crippen LogP contribution is -2.53. The number of ether oxygens (including phenoxy) is 1. The minimum Gasteiger partial charge on any atom is -0.453 e. The predicted octanol–water partition coefficient (Wildman–Crippen LogP) is 3.81. The summed E-state index contributed by atoms with van der Waals surface area (Å²) in [5.41, 5.74) is 1.34. The molecule has 2 aliphatic heterocycles. The Labute approximate surface area is 133 Å². The molecule has 4 atom stereocenters. The lowest BCUT2D eigenvalue weighted by atomic mass is 9.75. The fourth-order valence-electron chi connectivity index (χ4n) is 3.32. The number of hydrogen-bond acceptors (Lipinski definition) is 2. The topological polar surface area (TPSA) is 29.5 Å². The summed E-state index contributed by atoms with van der Waals surface area (Å²) in [4.78, 5) is 13.8. The van der Waals surface area contributed by atoms with Gasteiger partial charge in [-0.05, 0) is 23.8 Å². The molecular formula is C16H18INO2. The lowest BCUT2D eigenvalue weighted by molar-refractivity contribution is 0.0612. The number of alkyl halides is 1. The van der Waals surface area contributed by atoms with Crippen LogP contribution in [-0.2, 0) is 4.74 Å². The van der Waals surface area contributed by atoms with E-state index in [9.17, 15) is 4.79 Å². The van der Waals surface area contributed by atoms with Crippen molar-refractivity contribution < 1.29 is 9.53 Å². The SMILES string of the molecule is COC(=O)N1CC2C=CC1C(C(I)c1ccccc1)C2. The highest BCUT2D eigenvalue weighted by atomic mass is 127. The van der Waals surface area contributed by atoms with Crippen LogP contribution in [0.1, 0.15) is 15.9 Å². The zero-order valence-corrected chi connectivity index (χ0v) is 13.6. The number of hydrogen-bond donors (Lipinski definition) is 0. The number of fused-ring (bicyclic) bond motifs is 2. The third-order valence-corrected chi connectivity index (χ3v) is 5.93.